The van der Waals surface area contributed by atoms with E-state index in [-0.39, 0.29) is 17.2 Å². The molecule has 0 bridgehead atoms. The lowest BCUT2D eigenvalue weighted by Gasteiger charge is -2.09. The molecule has 0 aliphatic rings. The van der Waals surface area contributed by atoms with Crippen molar-refractivity contribution in [2.24, 2.45) is 0 Å². The second-order valence-electron chi connectivity index (χ2n) is 4.00. The van der Waals surface area contributed by atoms with Gasteiger partial charge >= 0.3 is 5.97 Å². The minimum Gasteiger partial charge on any atom is -0.465 e. The zero-order valence-corrected chi connectivity index (χ0v) is 10.7. The lowest BCUT2D eigenvalue weighted by Crippen LogP contribution is -2.15. The first-order chi connectivity index (χ1) is 9.61. The number of hydrogen-bond donors (Lipinski definition) is 1. The highest BCUT2D eigenvalue weighted by atomic mass is 19.1. The van der Waals surface area contributed by atoms with Crippen molar-refractivity contribution in [2.75, 3.05) is 12.4 Å². The Balaban J connectivity index is 2.30. The predicted molar refractivity (Wildman–Crippen MR) is 72.1 cm³/mol. The number of esters is 1. The number of halogens is 1. The van der Waals surface area contributed by atoms with Crippen molar-refractivity contribution in [1.82, 2.24) is 0 Å². The van der Waals surface area contributed by atoms with Gasteiger partial charge in [0.15, 0.2) is 0 Å². The van der Waals surface area contributed by atoms with Gasteiger partial charge in [-0.25, -0.2) is 9.18 Å². The first kappa shape index (κ1) is 13.7. The molecule has 0 saturated carbocycles. The summed E-state index contributed by atoms with van der Waals surface area (Å²) in [5, 5.41) is 2.56. The average Bonchev–Trinajstić information content (AvgIpc) is 2.49. The van der Waals surface area contributed by atoms with E-state index >= 15 is 0 Å². The van der Waals surface area contributed by atoms with Crippen LogP contribution in [0.25, 0.3) is 0 Å². The average molecular weight is 273 g/mol. The molecule has 0 aliphatic heterocycles. The molecule has 0 heterocycles. The van der Waals surface area contributed by atoms with Gasteiger partial charge in [0.1, 0.15) is 5.82 Å². The molecule has 102 valence electrons. The summed E-state index contributed by atoms with van der Waals surface area (Å²) in [5.74, 6) is -1.68. The summed E-state index contributed by atoms with van der Waals surface area (Å²) in [6.45, 7) is 0. The van der Waals surface area contributed by atoms with E-state index in [1.165, 1.54) is 13.2 Å². The predicted octanol–water partition coefficient (Wildman–Crippen LogP) is 2.86. The number of hydrogen-bond acceptors (Lipinski definition) is 3. The van der Waals surface area contributed by atoms with Crippen molar-refractivity contribution in [1.29, 1.82) is 0 Å². The number of amides is 1. The van der Waals surface area contributed by atoms with Crippen molar-refractivity contribution in [3.8, 4) is 0 Å². The number of anilines is 1. The monoisotopic (exact) mass is 273 g/mol. The molecule has 4 nitrogen and oxygen atoms in total. The van der Waals surface area contributed by atoms with Crippen LogP contribution in [-0.4, -0.2) is 19.0 Å². The van der Waals surface area contributed by atoms with Crippen LogP contribution in [0, 0.1) is 5.82 Å². The fraction of sp³-hybridized carbons (Fsp3) is 0.0667. The third-order valence-corrected chi connectivity index (χ3v) is 2.67. The zero-order chi connectivity index (χ0) is 14.5. The lowest BCUT2D eigenvalue weighted by molar-refractivity contribution is 0.0601. The van der Waals surface area contributed by atoms with Crippen LogP contribution in [0.3, 0.4) is 0 Å². The number of nitrogens with one attached hydrogen (secondary N) is 1. The van der Waals surface area contributed by atoms with E-state index in [0.717, 1.165) is 12.1 Å². The number of carbonyl (C=O) groups is 2. The SMILES string of the molecule is COC(=O)c1cc(F)ccc1NC(=O)c1ccccc1. The van der Waals surface area contributed by atoms with Crippen molar-refractivity contribution in [2.45, 2.75) is 0 Å². The first-order valence-electron chi connectivity index (χ1n) is 5.86. The summed E-state index contributed by atoms with van der Waals surface area (Å²) in [6.07, 6.45) is 0. The van der Waals surface area contributed by atoms with Gasteiger partial charge in [0.05, 0.1) is 18.4 Å². The maximum Gasteiger partial charge on any atom is 0.340 e. The summed E-state index contributed by atoms with van der Waals surface area (Å²) in [4.78, 5) is 23.6. The van der Waals surface area contributed by atoms with E-state index in [9.17, 15) is 14.0 Å². The Morgan fingerprint density at radius 1 is 1.10 bits per heavy atom. The fourth-order valence-electron chi connectivity index (χ4n) is 1.69. The van der Waals surface area contributed by atoms with E-state index in [2.05, 4.69) is 10.1 Å². The summed E-state index contributed by atoms with van der Waals surface area (Å²) < 4.78 is 17.7. The normalized spacial score (nSPS) is 9.90. The molecule has 5 heteroatoms. The van der Waals surface area contributed by atoms with Gasteiger partial charge in [-0.3, -0.25) is 4.79 Å². The van der Waals surface area contributed by atoms with Crippen LogP contribution in [0.15, 0.2) is 48.5 Å². The van der Waals surface area contributed by atoms with E-state index < -0.39 is 11.8 Å². The van der Waals surface area contributed by atoms with Crippen LogP contribution in [0.5, 0.6) is 0 Å². The second-order valence-corrected chi connectivity index (χ2v) is 4.00. The van der Waals surface area contributed by atoms with Crippen molar-refractivity contribution in [3.05, 3.63) is 65.5 Å². The van der Waals surface area contributed by atoms with Crippen LogP contribution in [0.1, 0.15) is 20.7 Å². The fourth-order valence-corrected chi connectivity index (χ4v) is 1.69. The minimum absolute atomic E-state index is 0.0308. The van der Waals surface area contributed by atoms with Crippen LogP contribution in [0.4, 0.5) is 10.1 Å². The van der Waals surface area contributed by atoms with E-state index in [1.54, 1.807) is 30.3 Å². The molecule has 1 N–H and O–H groups in total. The third-order valence-electron chi connectivity index (χ3n) is 2.67. The largest absolute Gasteiger partial charge is 0.465 e. The van der Waals surface area contributed by atoms with Gasteiger partial charge in [-0.2, -0.15) is 0 Å². The van der Waals surface area contributed by atoms with E-state index in [1.807, 2.05) is 0 Å². The molecule has 2 aromatic carbocycles. The molecule has 0 aliphatic carbocycles. The third kappa shape index (κ3) is 3.00. The van der Waals surface area contributed by atoms with Crippen LogP contribution < -0.4 is 5.32 Å². The Morgan fingerprint density at radius 2 is 1.80 bits per heavy atom. The minimum atomic E-state index is -0.715. The number of ether oxygens (including phenoxy) is 1. The van der Waals surface area contributed by atoms with Gasteiger partial charge in [0.25, 0.3) is 5.91 Å². The maximum atomic E-state index is 13.2. The van der Waals surface area contributed by atoms with Gasteiger partial charge in [0, 0.05) is 5.56 Å². The van der Waals surface area contributed by atoms with Crippen LogP contribution in [0.2, 0.25) is 0 Å². The number of methoxy groups -OCH3 is 1. The van der Waals surface area contributed by atoms with Crippen molar-refractivity contribution < 1.29 is 18.7 Å². The highest BCUT2D eigenvalue weighted by Crippen LogP contribution is 2.19. The molecule has 1 amide bonds. The van der Waals surface area contributed by atoms with Crippen LogP contribution >= 0.6 is 0 Å². The van der Waals surface area contributed by atoms with Crippen molar-refractivity contribution >= 4 is 17.6 Å². The van der Waals surface area contributed by atoms with Crippen LogP contribution in [-0.2, 0) is 4.74 Å². The summed E-state index contributed by atoms with van der Waals surface area (Å²) in [7, 11) is 1.19. The van der Waals surface area contributed by atoms with Gasteiger partial charge in [-0.1, -0.05) is 18.2 Å². The van der Waals surface area contributed by atoms with Gasteiger partial charge in [0.2, 0.25) is 0 Å². The molecular weight excluding hydrogens is 261 g/mol. The molecule has 20 heavy (non-hydrogen) atoms. The van der Waals surface area contributed by atoms with Gasteiger partial charge < -0.3 is 10.1 Å². The number of rotatable bonds is 3. The molecule has 0 atom stereocenters. The number of carbonyl (C=O) groups excluding carboxylic acids is 2. The Bertz CT molecular complexity index is 641. The molecule has 0 radical (unpaired) electrons. The smallest absolute Gasteiger partial charge is 0.340 e. The quantitative estimate of drug-likeness (QED) is 0.875. The molecular formula is C15H12FNO3. The number of benzene rings is 2. The summed E-state index contributed by atoms with van der Waals surface area (Å²) >= 11 is 0. The van der Waals surface area contributed by atoms with Crippen molar-refractivity contribution in [3.63, 3.8) is 0 Å². The standard InChI is InChI=1S/C15H12FNO3/c1-20-15(19)12-9-11(16)7-8-13(12)17-14(18)10-5-3-2-4-6-10/h2-9H,1H3,(H,17,18). The molecule has 2 aromatic rings. The molecule has 2 rings (SSSR count). The topological polar surface area (TPSA) is 55.4 Å². The van der Waals surface area contributed by atoms with E-state index in [4.69, 9.17) is 0 Å². The summed E-state index contributed by atoms with van der Waals surface area (Å²) in [5.41, 5.74) is 0.608. The lowest BCUT2D eigenvalue weighted by atomic mass is 10.1. The Morgan fingerprint density at radius 3 is 2.45 bits per heavy atom. The highest BCUT2D eigenvalue weighted by molar-refractivity contribution is 6.07. The molecule has 0 aromatic heterocycles. The summed E-state index contributed by atoms with van der Waals surface area (Å²) in [6, 6.07) is 12.0. The Labute approximate surface area is 115 Å². The second kappa shape index (κ2) is 5.97. The first-order valence-corrected chi connectivity index (χ1v) is 5.86. The van der Waals surface area contributed by atoms with E-state index in [0.29, 0.717) is 5.56 Å². The Hall–Kier alpha value is -2.69. The zero-order valence-electron chi connectivity index (χ0n) is 10.7. The maximum absolute atomic E-state index is 13.2. The Kier molecular flexibility index (Phi) is 4.10. The van der Waals surface area contributed by atoms with Gasteiger partial charge in [-0.15, -0.1) is 0 Å². The molecule has 0 fully saturated rings. The molecule has 0 saturated heterocycles. The molecule has 0 unspecified atom stereocenters. The highest BCUT2D eigenvalue weighted by Gasteiger charge is 2.15. The molecule has 0 spiro atoms. The van der Waals surface area contributed by atoms with Gasteiger partial charge in [-0.05, 0) is 30.3 Å².